The zero-order chi connectivity index (χ0) is 21.8. The number of benzene rings is 3. The maximum atomic E-state index is 6.60. The Morgan fingerprint density at radius 3 is 2.34 bits per heavy atom. The normalized spacial score (nSPS) is 18.7. The monoisotopic (exact) mass is 427 g/mol. The molecule has 5 rings (SSSR count). The average Bonchev–Trinajstić information content (AvgIpc) is 2.85. The number of hydrogen-bond acceptors (Lipinski definition) is 4. The fourth-order valence-electron chi connectivity index (χ4n) is 4.61. The standard InChI is InChI=1S/C28H29NO3/c1-2-31-23-14-12-22(13-15-23)28-25(20-29-16-18-30-19-17-29)27(21-8-4-3-5-9-21)24-10-6-7-11-26(24)32-28/h3-15,27H,2,16-20H2,1H3. The summed E-state index contributed by atoms with van der Waals surface area (Å²) in [5, 5.41) is 0. The van der Waals surface area contributed by atoms with E-state index in [4.69, 9.17) is 14.2 Å². The molecule has 2 aliphatic rings. The molecule has 32 heavy (non-hydrogen) atoms. The highest BCUT2D eigenvalue weighted by Gasteiger charge is 2.32. The molecule has 0 aromatic heterocycles. The lowest BCUT2D eigenvalue weighted by Gasteiger charge is -2.35. The lowest BCUT2D eigenvalue weighted by atomic mass is 9.81. The van der Waals surface area contributed by atoms with Crippen molar-refractivity contribution in [1.82, 2.24) is 4.90 Å². The third kappa shape index (κ3) is 4.29. The van der Waals surface area contributed by atoms with Gasteiger partial charge in [0.05, 0.1) is 19.8 Å². The summed E-state index contributed by atoms with van der Waals surface area (Å²) in [5.41, 5.74) is 4.87. The van der Waals surface area contributed by atoms with Crippen molar-refractivity contribution in [3.63, 3.8) is 0 Å². The first-order valence-corrected chi connectivity index (χ1v) is 11.4. The topological polar surface area (TPSA) is 30.9 Å². The van der Waals surface area contributed by atoms with Crippen LogP contribution in [0.5, 0.6) is 11.5 Å². The van der Waals surface area contributed by atoms with Gasteiger partial charge in [-0.1, -0.05) is 48.5 Å². The van der Waals surface area contributed by atoms with Crippen LogP contribution in [0.3, 0.4) is 0 Å². The number of para-hydroxylation sites is 1. The molecule has 3 aromatic carbocycles. The molecule has 2 heterocycles. The summed E-state index contributed by atoms with van der Waals surface area (Å²) in [6, 6.07) is 27.5. The third-order valence-electron chi connectivity index (χ3n) is 6.14. The summed E-state index contributed by atoms with van der Waals surface area (Å²) in [6.45, 7) is 6.93. The molecule has 1 saturated heterocycles. The van der Waals surface area contributed by atoms with Gasteiger partial charge in [-0.25, -0.2) is 0 Å². The molecular formula is C28H29NO3. The van der Waals surface area contributed by atoms with Crippen molar-refractivity contribution < 1.29 is 14.2 Å². The Kier molecular flexibility index (Phi) is 6.24. The fourth-order valence-corrected chi connectivity index (χ4v) is 4.61. The molecule has 0 spiro atoms. The van der Waals surface area contributed by atoms with Gasteiger partial charge in [-0.3, -0.25) is 4.90 Å². The fraction of sp³-hybridized carbons (Fsp3) is 0.286. The Morgan fingerprint density at radius 2 is 1.59 bits per heavy atom. The summed E-state index contributed by atoms with van der Waals surface area (Å²) >= 11 is 0. The second kappa shape index (κ2) is 9.60. The molecule has 0 radical (unpaired) electrons. The first-order chi connectivity index (χ1) is 15.8. The number of rotatable bonds is 6. The van der Waals surface area contributed by atoms with Crippen molar-refractivity contribution in [2.75, 3.05) is 39.5 Å². The predicted octanol–water partition coefficient (Wildman–Crippen LogP) is 5.35. The van der Waals surface area contributed by atoms with Gasteiger partial charge in [0.2, 0.25) is 0 Å². The summed E-state index contributed by atoms with van der Waals surface area (Å²) in [4.78, 5) is 2.47. The van der Waals surface area contributed by atoms with E-state index < -0.39 is 0 Å². The predicted molar refractivity (Wildman–Crippen MR) is 127 cm³/mol. The number of hydrogen-bond donors (Lipinski definition) is 0. The smallest absolute Gasteiger partial charge is 0.136 e. The molecule has 2 aliphatic heterocycles. The van der Waals surface area contributed by atoms with Crippen LogP contribution in [0.4, 0.5) is 0 Å². The number of ether oxygens (including phenoxy) is 3. The molecule has 0 bridgehead atoms. The van der Waals surface area contributed by atoms with E-state index in [2.05, 4.69) is 65.6 Å². The Balaban J connectivity index is 1.64. The molecule has 0 saturated carbocycles. The summed E-state index contributed by atoms with van der Waals surface area (Å²) in [5.74, 6) is 2.90. The zero-order valence-electron chi connectivity index (χ0n) is 18.5. The zero-order valence-corrected chi connectivity index (χ0v) is 18.5. The van der Waals surface area contributed by atoms with Gasteiger partial charge in [0.15, 0.2) is 0 Å². The number of morpholine rings is 1. The summed E-state index contributed by atoms with van der Waals surface area (Å²) in [6.07, 6.45) is 0. The molecule has 164 valence electrons. The van der Waals surface area contributed by atoms with E-state index in [0.717, 1.165) is 55.7 Å². The number of nitrogens with zero attached hydrogens (tertiary/aromatic N) is 1. The third-order valence-corrected chi connectivity index (χ3v) is 6.14. The lowest BCUT2D eigenvalue weighted by Crippen LogP contribution is -2.39. The second-order valence-electron chi connectivity index (χ2n) is 8.18. The van der Waals surface area contributed by atoms with Crippen LogP contribution in [0, 0.1) is 0 Å². The molecule has 0 N–H and O–H groups in total. The Labute approximate surface area is 190 Å². The van der Waals surface area contributed by atoms with Crippen molar-refractivity contribution in [2.45, 2.75) is 12.8 Å². The number of fused-ring (bicyclic) bond motifs is 1. The minimum atomic E-state index is 0.144. The van der Waals surface area contributed by atoms with E-state index in [1.165, 1.54) is 16.7 Å². The minimum absolute atomic E-state index is 0.144. The first-order valence-electron chi connectivity index (χ1n) is 11.4. The second-order valence-corrected chi connectivity index (χ2v) is 8.18. The van der Waals surface area contributed by atoms with Crippen molar-refractivity contribution in [1.29, 1.82) is 0 Å². The highest BCUT2D eigenvalue weighted by molar-refractivity contribution is 5.73. The highest BCUT2D eigenvalue weighted by Crippen LogP contribution is 2.46. The van der Waals surface area contributed by atoms with Gasteiger partial charge in [-0.15, -0.1) is 0 Å². The molecule has 0 amide bonds. The van der Waals surface area contributed by atoms with E-state index in [1.54, 1.807) is 0 Å². The van der Waals surface area contributed by atoms with E-state index in [1.807, 2.05) is 25.1 Å². The van der Waals surface area contributed by atoms with Crippen LogP contribution in [0.1, 0.15) is 29.5 Å². The van der Waals surface area contributed by atoms with E-state index in [0.29, 0.717) is 6.61 Å². The van der Waals surface area contributed by atoms with Gasteiger partial charge < -0.3 is 14.2 Å². The van der Waals surface area contributed by atoms with Gasteiger partial charge in [-0.2, -0.15) is 0 Å². The SMILES string of the molecule is CCOc1ccc(C2=C(CN3CCOCC3)C(c3ccccc3)c3ccccc3O2)cc1. The quantitative estimate of drug-likeness (QED) is 0.530. The average molecular weight is 428 g/mol. The van der Waals surface area contributed by atoms with Crippen LogP contribution < -0.4 is 9.47 Å². The molecule has 1 unspecified atom stereocenters. The maximum Gasteiger partial charge on any atom is 0.136 e. The molecule has 4 heteroatoms. The Morgan fingerprint density at radius 1 is 0.875 bits per heavy atom. The van der Waals surface area contributed by atoms with Gasteiger partial charge in [0.25, 0.3) is 0 Å². The molecule has 3 aromatic rings. The van der Waals surface area contributed by atoms with Crippen LogP contribution in [-0.2, 0) is 4.74 Å². The van der Waals surface area contributed by atoms with Crippen molar-refractivity contribution in [3.05, 3.63) is 101 Å². The van der Waals surface area contributed by atoms with Crippen molar-refractivity contribution in [3.8, 4) is 11.5 Å². The van der Waals surface area contributed by atoms with Crippen molar-refractivity contribution >= 4 is 5.76 Å². The Hall–Kier alpha value is -3.08. The highest BCUT2D eigenvalue weighted by atomic mass is 16.5. The Bertz CT molecular complexity index is 1070. The molecular weight excluding hydrogens is 398 g/mol. The lowest BCUT2D eigenvalue weighted by molar-refractivity contribution is 0.0416. The van der Waals surface area contributed by atoms with Crippen LogP contribution in [-0.4, -0.2) is 44.4 Å². The van der Waals surface area contributed by atoms with Gasteiger partial charge in [0.1, 0.15) is 17.3 Å². The van der Waals surface area contributed by atoms with Gasteiger partial charge in [0, 0.05) is 36.7 Å². The van der Waals surface area contributed by atoms with Crippen LogP contribution in [0.25, 0.3) is 5.76 Å². The maximum absolute atomic E-state index is 6.60. The van der Waals surface area contributed by atoms with Crippen LogP contribution in [0.2, 0.25) is 0 Å². The van der Waals surface area contributed by atoms with E-state index >= 15 is 0 Å². The minimum Gasteiger partial charge on any atom is -0.494 e. The van der Waals surface area contributed by atoms with Gasteiger partial charge in [-0.05, 0) is 48.4 Å². The molecule has 1 atom stereocenters. The van der Waals surface area contributed by atoms with Crippen molar-refractivity contribution in [2.24, 2.45) is 0 Å². The van der Waals surface area contributed by atoms with Gasteiger partial charge >= 0.3 is 0 Å². The molecule has 0 aliphatic carbocycles. The van der Waals surface area contributed by atoms with Crippen LogP contribution >= 0.6 is 0 Å². The largest absolute Gasteiger partial charge is 0.494 e. The van der Waals surface area contributed by atoms with Crippen LogP contribution in [0.15, 0.2) is 84.4 Å². The summed E-state index contributed by atoms with van der Waals surface area (Å²) < 4.78 is 17.9. The summed E-state index contributed by atoms with van der Waals surface area (Å²) in [7, 11) is 0. The first kappa shape index (κ1) is 20.8. The van der Waals surface area contributed by atoms with E-state index in [-0.39, 0.29) is 5.92 Å². The van der Waals surface area contributed by atoms with E-state index in [9.17, 15) is 0 Å². The molecule has 1 fully saturated rings. The molecule has 4 nitrogen and oxygen atoms in total.